The molecule has 0 atom stereocenters. The average molecular weight is 559 g/mol. The van der Waals surface area contributed by atoms with E-state index in [0.29, 0.717) is 12.7 Å². The van der Waals surface area contributed by atoms with Gasteiger partial charge >= 0.3 is 33.0 Å². The molecule has 0 aliphatic heterocycles. The molecule has 0 aromatic heterocycles. The van der Waals surface area contributed by atoms with Gasteiger partial charge in [0, 0.05) is 17.8 Å². The van der Waals surface area contributed by atoms with Crippen molar-refractivity contribution in [3.63, 3.8) is 0 Å². The van der Waals surface area contributed by atoms with Crippen molar-refractivity contribution in [2.24, 2.45) is 0 Å². The van der Waals surface area contributed by atoms with E-state index in [9.17, 15) is 9.13 Å². The summed E-state index contributed by atoms with van der Waals surface area (Å²) in [5.74, 6) is 0. The molecule has 173 valence electrons. The summed E-state index contributed by atoms with van der Waals surface area (Å²) in [6, 6.07) is 38.0. The van der Waals surface area contributed by atoms with Crippen LogP contribution in [0.2, 0.25) is 0 Å². The van der Waals surface area contributed by atoms with Crippen molar-refractivity contribution >= 4 is 55.9 Å². The van der Waals surface area contributed by atoms with Crippen LogP contribution < -0.4 is 21.2 Å². The van der Waals surface area contributed by atoms with Gasteiger partial charge in [0.2, 0.25) is 0 Å². The minimum absolute atomic E-state index is 0.224. The van der Waals surface area contributed by atoms with Gasteiger partial charge in [-0.05, 0) is 10.6 Å². The molecule has 0 fully saturated rings. The summed E-state index contributed by atoms with van der Waals surface area (Å²) < 4.78 is 28.7. The molecule has 4 aromatic carbocycles. The maximum absolute atomic E-state index is 14.4. The summed E-state index contributed by atoms with van der Waals surface area (Å²) >= 11 is 0.569. The Hall–Kier alpha value is -1.59. The summed E-state index contributed by atoms with van der Waals surface area (Å²) in [5.41, 5.74) is 0. The summed E-state index contributed by atoms with van der Waals surface area (Å²) in [4.78, 5) is 0. The van der Waals surface area contributed by atoms with Crippen molar-refractivity contribution in [1.29, 1.82) is 0 Å². The average Bonchev–Trinajstić information content (AvgIpc) is 2.89. The first-order valence-electron chi connectivity index (χ1n) is 10.1. The van der Waals surface area contributed by atoms with Crippen molar-refractivity contribution < 1.29 is 21.8 Å². The Morgan fingerprint density at radius 3 is 1.12 bits per heavy atom. The number of benzene rings is 4. The molecule has 4 rings (SSSR count). The third-order valence-electron chi connectivity index (χ3n) is 5.22. The predicted molar refractivity (Wildman–Crippen MR) is 140 cm³/mol. The molecule has 2 nitrogen and oxygen atoms in total. The number of halogens is 2. The van der Waals surface area contributed by atoms with E-state index in [2.05, 4.69) is 0 Å². The third kappa shape index (κ3) is 6.51. The normalized spacial score (nSPS) is 11.5. The van der Waals surface area contributed by atoms with E-state index >= 15 is 0 Å². The third-order valence-corrected chi connectivity index (χ3v) is 11.3. The molecule has 0 spiro atoms. The summed E-state index contributed by atoms with van der Waals surface area (Å²) in [7, 11) is 3.35. The van der Waals surface area contributed by atoms with Gasteiger partial charge < -0.3 is 9.13 Å². The Morgan fingerprint density at radius 1 is 0.545 bits per heavy atom. The standard InChI is InChI=1S/C26H23O2P2.2ClH.Ni/c27-29(23-13-5-1-6-14-23,24-15-7-2-8-16-24)21-22-30(28,25-17-9-3-10-18-25)26-19-11-4-12-20-26;;;/h1-21H,22H2;2*1H;/q-1;;;+3/p-2. The number of hydrogen-bond acceptors (Lipinski definition) is 2. The van der Waals surface area contributed by atoms with E-state index in [-0.39, 0.29) is 6.16 Å². The summed E-state index contributed by atoms with van der Waals surface area (Å²) in [5, 5.41) is 3.06. The van der Waals surface area contributed by atoms with Gasteiger partial charge in [0.25, 0.3) is 0 Å². The second-order valence-electron chi connectivity index (χ2n) is 7.15. The molecule has 0 radical (unpaired) electrons. The van der Waals surface area contributed by atoms with Crippen LogP contribution in [0, 0.1) is 6.16 Å². The van der Waals surface area contributed by atoms with Crippen LogP contribution in [-0.4, -0.2) is 6.16 Å². The van der Waals surface area contributed by atoms with E-state index in [1.807, 2.05) is 121 Å². The van der Waals surface area contributed by atoms with Crippen LogP contribution in [0.25, 0.3) is 0 Å². The molecule has 0 aliphatic rings. The number of rotatable bonds is 7. The maximum atomic E-state index is 14.4. The van der Waals surface area contributed by atoms with E-state index in [0.717, 1.165) is 21.2 Å². The van der Waals surface area contributed by atoms with Gasteiger partial charge in [-0.15, -0.1) is 6.16 Å². The second kappa shape index (κ2) is 12.8. The van der Waals surface area contributed by atoms with Crippen molar-refractivity contribution in [2.45, 2.75) is 0 Å². The second-order valence-corrected chi connectivity index (χ2v) is 14.4. The molecular weight excluding hydrogens is 536 g/mol. The molecule has 0 saturated carbocycles. The molecule has 0 saturated heterocycles. The van der Waals surface area contributed by atoms with Gasteiger partial charge in [-0.3, -0.25) is 0 Å². The van der Waals surface area contributed by atoms with Crippen molar-refractivity contribution in [2.75, 3.05) is 6.16 Å². The molecular formula is C26H23Cl2NiO2P2. The van der Waals surface area contributed by atoms with Gasteiger partial charge in [-0.1, -0.05) is 121 Å². The van der Waals surface area contributed by atoms with Gasteiger partial charge in [0.1, 0.15) is 7.14 Å². The molecule has 33 heavy (non-hydrogen) atoms. The monoisotopic (exact) mass is 557 g/mol. The minimum atomic E-state index is -3.06. The van der Waals surface area contributed by atoms with Crippen LogP contribution in [0.4, 0.5) is 0 Å². The molecule has 0 aliphatic carbocycles. The van der Waals surface area contributed by atoms with E-state index in [1.54, 1.807) is 6.16 Å². The van der Waals surface area contributed by atoms with E-state index in [4.69, 9.17) is 20.4 Å². The molecule has 4 aromatic rings. The first-order chi connectivity index (χ1) is 16.0. The zero-order chi connectivity index (χ0) is 23.6. The molecule has 0 bridgehead atoms. The first kappa shape index (κ1) is 26.0. The quantitative estimate of drug-likeness (QED) is 0.146. The van der Waals surface area contributed by atoms with Gasteiger partial charge in [0.15, 0.2) is 0 Å². The first-order valence-corrected chi connectivity index (χ1v) is 16.5. The molecule has 0 unspecified atom stereocenters. The zero-order valence-corrected chi connectivity index (χ0v) is 21.9. The fourth-order valence-electron chi connectivity index (χ4n) is 3.59. The zero-order valence-electron chi connectivity index (χ0n) is 17.6. The summed E-state index contributed by atoms with van der Waals surface area (Å²) in [6.07, 6.45) is 2.03. The van der Waals surface area contributed by atoms with E-state index < -0.39 is 14.3 Å². The SMILES string of the molecule is O=P([CH-]CP(=O)(c1ccccc1)c1ccccc1)(c1ccccc1)c1ccccc1.[Cl][Ni+][Cl]. The van der Waals surface area contributed by atoms with Crippen LogP contribution >= 0.6 is 34.7 Å². The molecule has 0 amide bonds. The Labute approximate surface area is 210 Å². The molecule has 7 heteroatoms. The Morgan fingerprint density at radius 2 is 0.818 bits per heavy atom. The van der Waals surface area contributed by atoms with E-state index in [1.165, 1.54) is 0 Å². The molecule has 0 heterocycles. The van der Waals surface area contributed by atoms with Crippen molar-refractivity contribution in [3.05, 3.63) is 127 Å². The van der Waals surface area contributed by atoms with Crippen LogP contribution in [-0.2, 0) is 21.8 Å². The van der Waals surface area contributed by atoms with Crippen LogP contribution in [0.1, 0.15) is 0 Å². The van der Waals surface area contributed by atoms with Crippen molar-refractivity contribution in [1.82, 2.24) is 0 Å². The van der Waals surface area contributed by atoms with Crippen molar-refractivity contribution in [3.8, 4) is 0 Å². The Balaban J connectivity index is 0.000000968. The fraction of sp³-hybridized carbons (Fsp3) is 0.0385. The Bertz CT molecular complexity index is 1020. The topological polar surface area (TPSA) is 34.1 Å². The van der Waals surface area contributed by atoms with Crippen LogP contribution in [0.5, 0.6) is 0 Å². The Kier molecular flexibility index (Phi) is 10.1. The van der Waals surface area contributed by atoms with Gasteiger partial charge in [-0.2, -0.15) is 0 Å². The van der Waals surface area contributed by atoms with Crippen LogP contribution in [0.3, 0.4) is 0 Å². The predicted octanol–water partition coefficient (Wildman–Crippen LogP) is 6.55. The van der Waals surface area contributed by atoms with Gasteiger partial charge in [0.05, 0.1) is 0 Å². The van der Waals surface area contributed by atoms with Crippen LogP contribution in [0.15, 0.2) is 121 Å². The van der Waals surface area contributed by atoms with Gasteiger partial charge in [-0.25, -0.2) is 6.16 Å². The number of hydrogen-bond donors (Lipinski definition) is 0. The molecule has 0 N–H and O–H groups in total. The fourth-order valence-corrected chi connectivity index (χ4v) is 9.40. The summed E-state index contributed by atoms with van der Waals surface area (Å²) in [6.45, 7) is 0.